The van der Waals surface area contributed by atoms with Gasteiger partial charge in [-0.3, -0.25) is 4.79 Å². The number of halogens is 1. The van der Waals surface area contributed by atoms with Gasteiger partial charge in [-0.1, -0.05) is 0 Å². The molecule has 0 bridgehead atoms. The van der Waals surface area contributed by atoms with E-state index >= 15 is 0 Å². The van der Waals surface area contributed by atoms with Crippen LogP contribution in [-0.2, 0) is 9.53 Å². The maximum absolute atomic E-state index is 11.7. The lowest BCUT2D eigenvalue weighted by atomic mass is 9.67. The second-order valence-electron chi connectivity index (χ2n) is 5.12. The lowest BCUT2D eigenvalue weighted by Crippen LogP contribution is -2.43. The quantitative estimate of drug-likeness (QED) is 0.621. The standard InChI is InChI=1S/C12H13ClN4O2/c1-12(10(18)19-2)3-8(4-12)17-9-7(6-15-17)5-14-11(13)16-9/h5-6,8H,3-4H2,1-2H3. The average Bonchev–Trinajstić information content (AvgIpc) is 2.76. The van der Waals surface area contributed by atoms with Crippen LogP contribution in [0.15, 0.2) is 12.4 Å². The van der Waals surface area contributed by atoms with E-state index in [4.69, 9.17) is 16.3 Å². The van der Waals surface area contributed by atoms with E-state index in [1.165, 1.54) is 7.11 Å². The minimum Gasteiger partial charge on any atom is -0.469 e. The van der Waals surface area contributed by atoms with Gasteiger partial charge >= 0.3 is 5.97 Å². The molecule has 19 heavy (non-hydrogen) atoms. The monoisotopic (exact) mass is 280 g/mol. The summed E-state index contributed by atoms with van der Waals surface area (Å²) in [5, 5.41) is 5.35. The predicted molar refractivity (Wildman–Crippen MR) is 68.7 cm³/mol. The van der Waals surface area contributed by atoms with Gasteiger partial charge in [0.25, 0.3) is 0 Å². The minimum absolute atomic E-state index is 0.146. The summed E-state index contributed by atoms with van der Waals surface area (Å²) in [4.78, 5) is 19.8. The van der Waals surface area contributed by atoms with Gasteiger partial charge in [0.05, 0.1) is 30.1 Å². The molecule has 0 spiro atoms. The Bertz CT molecular complexity index is 648. The summed E-state index contributed by atoms with van der Waals surface area (Å²) < 4.78 is 6.63. The largest absolute Gasteiger partial charge is 0.469 e. The highest BCUT2D eigenvalue weighted by Gasteiger charge is 2.48. The summed E-state index contributed by atoms with van der Waals surface area (Å²) >= 11 is 5.80. The first-order valence-corrected chi connectivity index (χ1v) is 6.35. The first-order chi connectivity index (χ1) is 9.03. The number of esters is 1. The topological polar surface area (TPSA) is 69.9 Å². The molecular weight excluding hydrogens is 268 g/mol. The molecule has 2 aromatic heterocycles. The van der Waals surface area contributed by atoms with Crippen molar-refractivity contribution in [3.8, 4) is 0 Å². The highest BCUT2D eigenvalue weighted by atomic mass is 35.5. The first kappa shape index (κ1) is 12.3. The number of rotatable bonds is 2. The molecule has 3 rings (SSSR count). The number of methoxy groups -OCH3 is 1. The Kier molecular flexibility index (Phi) is 2.70. The van der Waals surface area contributed by atoms with Gasteiger partial charge in [0, 0.05) is 6.20 Å². The Labute approximate surface area is 114 Å². The van der Waals surface area contributed by atoms with Crippen molar-refractivity contribution in [2.24, 2.45) is 5.41 Å². The fourth-order valence-corrected chi connectivity index (χ4v) is 2.78. The lowest BCUT2D eigenvalue weighted by Gasteiger charge is -2.42. The Morgan fingerprint density at radius 1 is 1.53 bits per heavy atom. The van der Waals surface area contributed by atoms with Crippen molar-refractivity contribution < 1.29 is 9.53 Å². The highest BCUT2D eigenvalue weighted by molar-refractivity contribution is 6.28. The van der Waals surface area contributed by atoms with Gasteiger partial charge in [-0.15, -0.1) is 0 Å². The molecule has 0 radical (unpaired) electrons. The molecule has 1 aliphatic rings. The number of ether oxygens (including phenoxy) is 1. The van der Waals surface area contributed by atoms with Crippen molar-refractivity contribution in [1.29, 1.82) is 0 Å². The van der Waals surface area contributed by atoms with Gasteiger partial charge in [-0.05, 0) is 31.4 Å². The Morgan fingerprint density at radius 3 is 2.95 bits per heavy atom. The molecular formula is C12H13ClN4O2. The Morgan fingerprint density at radius 2 is 2.26 bits per heavy atom. The van der Waals surface area contributed by atoms with Crippen LogP contribution in [0.4, 0.5) is 0 Å². The smallest absolute Gasteiger partial charge is 0.311 e. The molecule has 0 aromatic carbocycles. The number of carbonyl (C=O) groups is 1. The third-order valence-electron chi connectivity index (χ3n) is 3.70. The maximum atomic E-state index is 11.7. The van der Waals surface area contributed by atoms with Crippen molar-refractivity contribution in [2.45, 2.75) is 25.8 Å². The average molecular weight is 281 g/mol. The number of aromatic nitrogens is 4. The Balaban J connectivity index is 1.88. The van der Waals surface area contributed by atoms with E-state index in [1.807, 2.05) is 11.6 Å². The van der Waals surface area contributed by atoms with E-state index in [-0.39, 0.29) is 17.3 Å². The number of hydrogen-bond donors (Lipinski definition) is 0. The third kappa shape index (κ3) is 1.87. The zero-order valence-electron chi connectivity index (χ0n) is 10.6. The van der Waals surface area contributed by atoms with E-state index in [2.05, 4.69) is 15.1 Å². The number of fused-ring (bicyclic) bond motifs is 1. The van der Waals surface area contributed by atoms with Gasteiger partial charge in [0.1, 0.15) is 0 Å². The number of carbonyl (C=O) groups excluding carboxylic acids is 1. The summed E-state index contributed by atoms with van der Waals surface area (Å²) in [6, 6.07) is 0.146. The summed E-state index contributed by atoms with van der Waals surface area (Å²) in [7, 11) is 1.41. The van der Waals surface area contributed by atoms with Crippen molar-refractivity contribution >= 4 is 28.6 Å². The van der Waals surface area contributed by atoms with Crippen LogP contribution in [0.5, 0.6) is 0 Å². The van der Waals surface area contributed by atoms with Gasteiger partial charge in [0.15, 0.2) is 5.65 Å². The third-order valence-corrected chi connectivity index (χ3v) is 3.88. The zero-order chi connectivity index (χ0) is 13.6. The van der Waals surface area contributed by atoms with Gasteiger partial charge in [-0.25, -0.2) is 9.67 Å². The van der Waals surface area contributed by atoms with Crippen molar-refractivity contribution in [2.75, 3.05) is 7.11 Å². The molecule has 2 heterocycles. The molecule has 100 valence electrons. The minimum atomic E-state index is -0.422. The van der Waals surface area contributed by atoms with Crippen molar-refractivity contribution in [3.63, 3.8) is 0 Å². The molecule has 0 saturated heterocycles. The molecule has 0 amide bonds. The zero-order valence-corrected chi connectivity index (χ0v) is 11.4. The number of hydrogen-bond acceptors (Lipinski definition) is 5. The van der Waals surface area contributed by atoms with Crippen LogP contribution in [0.25, 0.3) is 11.0 Å². The van der Waals surface area contributed by atoms with Gasteiger partial charge in [-0.2, -0.15) is 10.1 Å². The molecule has 7 heteroatoms. The first-order valence-electron chi connectivity index (χ1n) is 5.98. The van der Waals surface area contributed by atoms with E-state index in [1.54, 1.807) is 12.4 Å². The molecule has 1 aliphatic carbocycles. The molecule has 0 unspecified atom stereocenters. The van der Waals surface area contributed by atoms with Crippen molar-refractivity contribution in [3.05, 3.63) is 17.7 Å². The van der Waals surface area contributed by atoms with E-state index in [0.717, 1.165) is 5.39 Å². The molecule has 0 N–H and O–H groups in total. The second kappa shape index (κ2) is 4.16. The van der Waals surface area contributed by atoms with Crippen molar-refractivity contribution in [1.82, 2.24) is 19.7 Å². The van der Waals surface area contributed by atoms with Crippen LogP contribution in [-0.4, -0.2) is 32.8 Å². The van der Waals surface area contributed by atoms with Crippen LogP contribution in [0, 0.1) is 5.41 Å². The molecule has 1 fully saturated rings. The van der Waals surface area contributed by atoms with E-state index < -0.39 is 5.41 Å². The SMILES string of the molecule is COC(=O)C1(C)CC(n2ncc3cnc(Cl)nc32)C1. The maximum Gasteiger partial charge on any atom is 0.311 e. The summed E-state index contributed by atoms with van der Waals surface area (Å²) in [6.45, 7) is 1.91. The predicted octanol–water partition coefficient (Wildman–Crippen LogP) is 1.99. The fourth-order valence-electron chi connectivity index (χ4n) is 2.65. The van der Waals surface area contributed by atoms with Crippen LogP contribution >= 0.6 is 11.6 Å². The molecule has 0 aliphatic heterocycles. The summed E-state index contributed by atoms with van der Waals surface area (Å²) in [5.41, 5.74) is 0.283. The van der Waals surface area contributed by atoms with Crippen LogP contribution < -0.4 is 0 Å². The van der Waals surface area contributed by atoms with E-state index in [0.29, 0.717) is 18.5 Å². The molecule has 6 nitrogen and oxygen atoms in total. The van der Waals surface area contributed by atoms with Gasteiger partial charge in [0.2, 0.25) is 5.28 Å². The lowest BCUT2D eigenvalue weighted by molar-refractivity contribution is -0.159. The Hall–Kier alpha value is -1.69. The van der Waals surface area contributed by atoms with Crippen LogP contribution in [0.2, 0.25) is 5.28 Å². The fraction of sp³-hybridized carbons (Fsp3) is 0.500. The summed E-state index contributed by atoms with van der Waals surface area (Å²) in [6.07, 6.45) is 4.74. The van der Waals surface area contributed by atoms with Crippen LogP contribution in [0.3, 0.4) is 0 Å². The van der Waals surface area contributed by atoms with E-state index in [9.17, 15) is 4.79 Å². The molecule has 2 aromatic rings. The normalized spacial score (nSPS) is 26.2. The second-order valence-corrected chi connectivity index (χ2v) is 5.46. The van der Waals surface area contributed by atoms with Crippen LogP contribution in [0.1, 0.15) is 25.8 Å². The summed E-state index contributed by atoms with van der Waals surface area (Å²) in [5.74, 6) is -0.173. The van der Waals surface area contributed by atoms with Gasteiger partial charge < -0.3 is 4.74 Å². The number of nitrogens with zero attached hydrogens (tertiary/aromatic N) is 4. The molecule has 1 saturated carbocycles. The molecule has 0 atom stereocenters. The highest BCUT2D eigenvalue weighted by Crippen LogP contribution is 2.49.